The summed E-state index contributed by atoms with van der Waals surface area (Å²) >= 11 is 0. The van der Waals surface area contributed by atoms with Gasteiger partial charge >= 0.3 is 0 Å². The maximum Gasteiger partial charge on any atom is 0.00508 e. The second kappa shape index (κ2) is 6.05. The van der Waals surface area contributed by atoms with Crippen LogP contribution >= 0.6 is 0 Å². The maximum absolute atomic E-state index is 5.69. The lowest BCUT2D eigenvalue weighted by Crippen LogP contribution is -2.23. The van der Waals surface area contributed by atoms with Gasteiger partial charge in [-0.15, -0.1) is 0 Å². The van der Waals surface area contributed by atoms with Gasteiger partial charge in [-0.05, 0) is 19.4 Å². The van der Waals surface area contributed by atoms with Gasteiger partial charge in [-0.1, -0.05) is 19.8 Å². The summed E-state index contributed by atoms with van der Waals surface area (Å²) in [5.74, 6) is 0. The Hall–Kier alpha value is -0.0800. The Morgan fingerprint density at radius 2 is 2.00 bits per heavy atom. The standard InChI is InChI=1S/C7H18N2/c1-2-3-4-7(9)5-6-8/h7H,2-6,8-9H2,1H3/t7-/m0/s1. The smallest absolute Gasteiger partial charge is 0.00508 e. The van der Waals surface area contributed by atoms with Crippen LogP contribution < -0.4 is 11.5 Å². The molecule has 0 spiro atoms. The maximum atomic E-state index is 5.69. The zero-order valence-corrected chi connectivity index (χ0v) is 6.27. The predicted molar refractivity (Wildman–Crippen MR) is 41.2 cm³/mol. The Balaban J connectivity index is 2.95. The third-order valence-electron chi connectivity index (χ3n) is 1.47. The van der Waals surface area contributed by atoms with Crippen LogP contribution in [0.25, 0.3) is 0 Å². The van der Waals surface area contributed by atoms with Crippen molar-refractivity contribution in [3.8, 4) is 0 Å². The van der Waals surface area contributed by atoms with Crippen molar-refractivity contribution in [3.05, 3.63) is 0 Å². The van der Waals surface area contributed by atoms with Gasteiger partial charge in [0.1, 0.15) is 0 Å². The van der Waals surface area contributed by atoms with Gasteiger partial charge < -0.3 is 11.5 Å². The Bertz CT molecular complexity index is 54.9. The lowest BCUT2D eigenvalue weighted by molar-refractivity contribution is 0.547. The van der Waals surface area contributed by atoms with E-state index in [1.165, 1.54) is 12.8 Å². The molecule has 0 aromatic rings. The molecular formula is C7H18N2. The molecule has 0 saturated heterocycles. The van der Waals surface area contributed by atoms with E-state index in [9.17, 15) is 0 Å². The number of unbranched alkanes of at least 4 members (excludes halogenated alkanes) is 1. The summed E-state index contributed by atoms with van der Waals surface area (Å²) in [4.78, 5) is 0. The molecule has 56 valence electrons. The summed E-state index contributed by atoms with van der Waals surface area (Å²) in [6.45, 7) is 2.90. The Morgan fingerprint density at radius 3 is 2.44 bits per heavy atom. The summed E-state index contributed by atoms with van der Waals surface area (Å²) < 4.78 is 0. The van der Waals surface area contributed by atoms with E-state index in [2.05, 4.69) is 6.92 Å². The molecule has 0 aliphatic heterocycles. The van der Waals surface area contributed by atoms with Gasteiger partial charge in [0.05, 0.1) is 0 Å². The highest BCUT2D eigenvalue weighted by atomic mass is 14.6. The molecule has 2 nitrogen and oxygen atoms in total. The second-order valence-electron chi connectivity index (χ2n) is 2.48. The van der Waals surface area contributed by atoms with E-state index in [0.29, 0.717) is 6.04 Å². The molecule has 0 rings (SSSR count). The summed E-state index contributed by atoms with van der Waals surface area (Å²) in [6.07, 6.45) is 4.58. The summed E-state index contributed by atoms with van der Waals surface area (Å²) in [7, 11) is 0. The van der Waals surface area contributed by atoms with E-state index in [0.717, 1.165) is 19.4 Å². The molecule has 0 saturated carbocycles. The molecule has 0 aliphatic rings. The van der Waals surface area contributed by atoms with Gasteiger partial charge in [0.2, 0.25) is 0 Å². The Morgan fingerprint density at radius 1 is 1.33 bits per heavy atom. The minimum Gasteiger partial charge on any atom is -0.330 e. The fourth-order valence-electron chi connectivity index (χ4n) is 0.825. The van der Waals surface area contributed by atoms with Crippen LogP contribution in [0.4, 0.5) is 0 Å². The highest BCUT2D eigenvalue weighted by molar-refractivity contribution is 4.60. The molecule has 0 aliphatic carbocycles. The monoisotopic (exact) mass is 130 g/mol. The average Bonchev–Trinajstić information content (AvgIpc) is 1.85. The van der Waals surface area contributed by atoms with Gasteiger partial charge in [-0.25, -0.2) is 0 Å². The summed E-state index contributed by atoms with van der Waals surface area (Å²) in [6, 6.07) is 0.343. The molecule has 0 heterocycles. The van der Waals surface area contributed by atoms with Crippen LogP contribution in [-0.4, -0.2) is 12.6 Å². The van der Waals surface area contributed by atoms with Crippen LogP contribution in [0.15, 0.2) is 0 Å². The van der Waals surface area contributed by atoms with Crippen molar-refractivity contribution in [2.24, 2.45) is 11.5 Å². The molecule has 1 atom stereocenters. The van der Waals surface area contributed by atoms with E-state index in [1.54, 1.807) is 0 Å². The highest BCUT2D eigenvalue weighted by Crippen LogP contribution is 1.99. The molecule has 0 aromatic heterocycles. The van der Waals surface area contributed by atoms with E-state index < -0.39 is 0 Å². The van der Waals surface area contributed by atoms with Gasteiger partial charge in [-0.2, -0.15) is 0 Å². The first kappa shape index (κ1) is 8.92. The molecule has 0 amide bonds. The van der Waals surface area contributed by atoms with E-state index in [4.69, 9.17) is 11.5 Å². The zero-order valence-electron chi connectivity index (χ0n) is 6.27. The first-order chi connectivity index (χ1) is 4.31. The zero-order chi connectivity index (χ0) is 7.11. The molecule has 0 fully saturated rings. The molecule has 0 bridgehead atoms. The fourth-order valence-corrected chi connectivity index (χ4v) is 0.825. The van der Waals surface area contributed by atoms with Crippen LogP contribution in [0.2, 0.25) is 0 Å². The number of rotatable bonds is 5. The van der Waals surface area contributed by atoms with Gasteiger partial charge in [0.15, 0.2) is 0 Å². The molecule has 0 unspecified atom stereocenters. The third-order valence-corrected chi connectivity index (χ3v) is 1.47. The largest absolute Gasteiger partial charge is 0.330 e. The minimum absolute atomic E-state index is 0.343. The van der Waals surface area contributed by atoms with Crippen molar-refractivity contribution in [2.45, 2.75) is 38.6 Å². The average molecular weight is 130 g/mol. The van der Waals surface area contributed by atoms with Crippen molar-refractivity contribution in [2.75, 3.05) is 6.54 Å². The first-order valence-corrected chi connectivity index (χ1v) is 3.77. The predicted octanol–water partition coefficient (Wildman–Crippen LogP) is 0.853. The molecule has 0 aromatic carbocycles. The number of hydrogen-bond acceptors (Lipinski definition) is 2. The molecule has 4 N–H and O–H groups in total. The highest BCUT2D eigenvalue weighted by Gasteiger charge is 1.97. The van der Waals surface area contributed by atoms with Crippen molar-refractivity contribution < 1.29 is 0 Å². The molecular weight excluding hydrogens is 112 g/mol. The van der Waals surface area contributed by atoms with Crippen molar-refractivity contribution >= 4 is 0 Å². The number of hydrogen-bond donors (Lipinski definition) is 2. The van der Waals surface area contributed by atoms with Crippen LogP contribution in [-0.2, 0) is 0 Å². The van der Waals surface area contributed by atoms with Gasteiger partial charge in [-0.3, -0.25) is 0 Å². The topological polar surface area (TPSA) is 52.0 Å². The lowest BCUT2D eigenvalue weighted by Gasteiger charge is -2.07. The van der Waals surface area contributed by atoms with E-state index >= 15 is 0 Å². The SMILES string of the molecule is CCCC[C@H](N)CCN. The van der Waals surface area contributed by atoms with Crippen molar-refractivity contribution in [1.29, 1.82) is 0 Å². The first-order valence-electron chi connectivity index (χ1n) is 3.77. The van der Waals surface area contributed by atoms with E-state index in [1.807, 2.05) is 0 Å². The van der Waals surface area contributed by atoms with Crippen LogP contribution in [0.5, 0.6) is 0 Å². The Labute approximate surface area is 57.6 Å². The molecule has 9 heavy (non-hydrogen) atoms. The quantitative estimate of drug-likeness (QED) is 0.579. The van der Waals surface area contributed by atoms with Gasteiger partial charge in [0, 0.05) is 6.04 Å². The fraction of sp³-hybridized carbons (Fsp3) is 1.00. The van der Waals surface area contributed by atoms with Crippen LogP contribution in [0.3, 0.4) is 0 Å². The molecule has 2 heteroatoms. The third kappa shape index (κ3) is 5.80. The van der Waals surface area contributed by atoms with E-state index in [-0.39, 0.29) is 0 Å². The normalized spacial score (nSPS) is 13.7. The minimum atomic E-state index is 0.343. The summed E-state index contributed by atoms with van der Waals surface area (Å²) in [5, 5.41) is 0. The van der Waals surface area contributed by atoms with Crippen molar-refractivity contribution in [1.82, 2.24) is 0 Å². The van der Waals surface area contributed by atoms with Crippen LogP contribution in [0, 0.1) is 0 Å². The van der Waals surface area contributed by atoms with Crippen molar-refractivity contribution in [3.63, 3.8) is 0 Å². The lowest BCUT2D eigenvalue weighted by atomic mass is 10.1. The molecule has 0 radical (unpaired) electrons. The Kier molecular flexibility index (Phi) is 5.99. The van der Waals surface area contributed by atoms with Gasteiger partial charge in [0.25, 0.3) is 0 Å². The number of nitrogens with two attached hydrogens (primary N) is 2. The van der Waals surface area contributed by atoms with Crippen LogP contribution in [0.1, 0.15) is 32.6 Å². The summed E-state index contributed by atoms with van der Waals surface area (Å²) in [5.41, 5.74) is 11.0. The second-order valence-corrected chi connectivity index (χ2v) is 2.48.